The lowest BCUT2D eigenvalue weighted by Gasteiger charge is -2.03. The molecule has 0 fully saturated rings. The molecule has 0 rings (SSSR count). The molecule has 0 radical (unpaired) electrons. The van der Waals surface area contributed by atoms with E-state index in [9.17, 15) is 9.59 Å². The van der Waals surface area contributed by atoms with Crippen LogP contribution in [0.4, 0.5) is 0 Å². The van der Waals surface area contributed by atoms with E-state index in [1.165, 1.54) is 6.92 Å². The van der Waals surface area contributed by atoms with Gasteiger partial charge in [0.05, 0.1) is 6.54 Å². The van der Waals surface area contributed by atoms with E-state index in [1.807, 2.05) is 0 Å². The van der Waals surface area contributed by atoms with Crippen molar-refractivity contribution in [2.45, 2.75) is 20.3 Å². The lowest BCUT2D eigenvalue weighted by atomic mass is 10.4. The molecule has 4 heteroatoms. The van der Waals surface area contributed by atoms with Gasteiger partial charge in [0.2, 0.25) is 5.91 Å². The molecule has 1 amide bonds. The van der Waals surface area contributed by atoms with E-state index in [-0.39, 0.29) is 11.7 Å². The van der Waals surface area contributed by atoms with Gasteiger partial charge in [-0.25, -0.2) is 0 Å². The highest BCUT2D eigenvalue weighted by Crippen LogP contribution is 1.72. The number of Topliss-reactive ketones (excluding diaryl/α,β-unsaturated/α-hetero) is 1. The molecule has 2 N–H and O–H groups in total. The molecular weight excluding hydrogens is 156 g/mol. The molecule has 0 unspecified atom stereocenters. The minimum absolute atomic E-state index is 0.0413. The minimum Gasteiger partial charge on any atom is -0.355 e. The van der Waals surface area contributed by atoms with Crippen molar-refractivity contribution in [2.75, 3.05) is 19.6 Å². The number of hydrogen-bond donors (Lipinski definition) is 2. The Hall–Kier alpha value is -0.900. The van der Waals surface area contributed by atoms with E-state index in [0.717, 1.165) is 0 Å². The smallest absolute Gasteiger partial charge is 0.219 e. The Bertz CT molecular complexity index is 157. The van der Waals surface area contributed by atoms with Gasteiger partial charge < -0.3 is 10.6 Å². The summed E-state index contributed by atoms with van der Waals surface area (Å²) in [6, 6.07) is 0. The third kappa shape index (κ3) is 7.21. The van der Waals surface area contributed by atoms with Crippen LogP contribution < -0.4 is 10.6 Å². The van der Waals surface area contributed by atoms with Gasteiger partial charge in [0.1, 0.15) is 5.78 Å². The Morgan fingerprint density at radius 3 is 2.42 bits per heavy atom. The van der Waals surface area contributed by atoms with Crippen molar-refractivity contribution in [3.05, 3.63) is 0 Å². The van der Waals surface area contributed by atoms with E-state index in [4.69, 9.17) is 0 Å². The molecule has 0 spiro atoms. The third-order valence-electron chi connectivity index (χ3n) is 1.32. The minimum atomic E-state index is 0.0413. The molecule has 0 heterocycles. The molecule has 0 aromatic rings. The van der Waals surface area contributed by atoms with Gasteiger partial charge in [0, 0.05) is 19.5 Å². The first-order valence-electron chi connectivity index (χ1n) is 4.13. The molecule has 12 heavy (non-hydrogen) atoms. The summed E-state index contributed by atoms with van der Waals surface area (Å²) in [5, 5.41) is 5.59. The monoisotopic (exact) mass is 172 g/mol. The van der Waals surface area contributed by atoms with Crippen LogP contribution in [0.2, 0.25) is 0 Å². The first kappa shape index (κ1) is 11.1. The molecule has 0 bridgehead atoms. The first-order chi connectivity index (χ1) is 5.66. The molecule has 70 valence electrons. The zero-order chi connectivity index (χ0) is 9.40. The highest BCUT2D eigenvalue weighted by Gasteiger charge is 1.95. The Kier molecular flexibility index (Phi) is 6.28. The van der Waals surface area contributed by atoms with Gasteiger partial charge in [-0.05, 0) is 6.92 Å². The second-order valence-corrected chi connectivity index (χ2v) is 2.58. The molecule has 0 saturated heterocycles. The van der Waals surface area contributed by atoms with Crippen molar-refractivity contribution in [2.24, 2.45) is 0 Å². The van der Waals surface area contributed by atoms with Crippen molar-refractivity contribution in [1.82, 2.24) is 10.6 Å². The van der Waals surface area contributed by atoms with Gasteiger partial charge in [-0.1, -0.05) is 6.92 Å². The van der Waals surface area contributed by atoms with Crippen LogP contribution in [0.1, 0.15) is 20.3 Å². The lowest BCUT2D eigenvalue weighted by molar-refractivity contribution is -0.120. The number of amides is 1. The summed E-state index contributed by atoms with van der Waals surface area (Å²) in [5.74, 6) is 0.149. The zero-order valence-corrected chi connectivity index (χ0v) is 7.64. The third-order valence-corrected chi connectivity index (χ3v) is 1.32. The number of carbonyl (C=O) groups excluding carboxylic acids is 2. The Morgan fingerprint density at radius 2 is 1.92 bits per heavy atom. The highest BCUT2D eigenvalue weighted by molar-refractivity contribution is 5.77. The van der Waals surface area contributed by atoms with E-state index in [0.29, 0.717) is 26.1 Å². The number of hydrogen-bond acceptors (Lipinski definition) is 3. The van der Waals surface area contributed by atoms with Gasteiger partial charge in [0.15, 0.2) is 0 Å². The van der Waals surface area contributed by atoms with Gasteiger partial charge in [-0.15, -0.1) is 0 Å². The molecule has 0 aliphatic carbocycles. The van der Waals surface area contributed by atoms with Crippen LogP contribution in [0.3, 0.4) is 0 Å². The van der Waals surface area contributed by atoms with Crippen molar-refractivity contribution < 1.29 is 9.59 Å². The maximum absolute atomic E-state index is 10.7. The fourth-order valence-electron chi connectivity index (χ4n) is 0.680. The van der Waals surface area contributed by atoms with Crippen LogP contribution in [0.5, 0.6) is 0 Å². The van der Waals surface area contributed by atoms with Gasteiger partial charge in [-0.2, -0.15) is 0 Å². The second kappa shape index (κ2) is 6.79. The molecular formula is C8H16N2O2. The Balaban J connectivity index is 3.11. The topological polar surface area (TPSA) is 58.2 Å². The fraction of sp³-hybridized carbons (Fsp3) is 0.750. The summed E-state index contributed by atoms with van der Waals surface area (Å²) in [5.41, 5.74) is 0. The van der Waals surface area contributed by atoms with E-state index in [2.05, 4.69) is 10.6 Å². The van der Waals surface area contributed by atoms with Crippen LogP contribution in [0, 0.1) is 0 Å². The number of ketones is 1. The average molecular weight is 172 g/mol. The zero-order valence-electron chi connectivity index (χ0n) is 7.64. The summed E-state index contributed by atoms with van der Waals surface area (Å²) >= 11 is 0. The average Bonchev–Trinajstić information content (AvgIpc) is 2.03. The Morgan fingerprint density at radius 1 is 1.25 bits per heavy atom. The molecule has 0 aromatic carbocycles. The predicted octanol–water partition coefficient (Wildman–Crippen LogP) is -0.309. The van der Waals surface area contributed by atoms with Crippen LogP contribution >= 0.6 is 0 Å². The lowest BCUT2D eigenvalue weighted by Crippen LogP contribution is -2.33. The number of carbonyl (C=O) groups is 2. The van der Waals surface area contributed by atoms with Crippen LogP contribution in [0.15, 0.2) is 0 Å². The van der Waals surface area contributed by atoms with Crippen molar-refractivity contribution >= 4 is 11.7 Å². The summed E-state index contributed by atoms with van der Waals surface area (Å²) in [6.07, 6.45) is 0.507. The highest BCUT2D eigenvalue weighted by atomic mass is 16.1. The predicted molar refractivity (Wildman–Crippen MR) is 46.9 cm³/mol. The van der Waals surface area contributed by atoms with Crippen LogP contribution in [0.25, 0.3) is 0 Å². The second-order valence-electron chi connectivity index (χ2n) is 2.58. The maximum atomic E-state index is 10.7. The van der Waals surface area contributed by atoms with Gasteiger partial charge >= 0.3 is 0 Å². The largest absolute Gasteiger partial charge is 0.355 e. The fourth-order valence-corrected chi connectivity index (χ4v) is 0.680. The van der Waals surface area contributed by atoms with E-state index < -0.39 is 0 Å². The van der Waals surface area contributed by atoms with Crippen LogP contribution in [-0.4, -0.2) is 31.3 Å². The summed E-state index contributed by atoms with van der Waals surface area (Å²) < 4.78 is 0. The van der Waals surface area contributed by atoms with E-state index >= 15 is 0 Å². The number of nitrogens with one attached hydrogen (secondary N) is 2. The van der Waals surface area contributed by atoms with Gasteiger partial charge in [-0.3, -0.25) is 9.59 Å². The molecule has 0 atom stereocenters. The first-order valence-corrected chi connectivity index (χ1v) is 4.13. The maximum Gasteiger partial charge on any atom is 0.219 e. The number of rotatable bonds is 6. The van der Waals surface area contributed by atoms with Crippen molar-refractivity contribution in [3.63, 3.8) is 0 Å². The standard InChI is InChI=1S/C8H16N2O2/c1-3-8(12)10-5-4-9-6-7(2)11/h9H,3-6H2,1-2H3,(H,10,12). The Labute approximate surface area is 72.7 Å². The molecule has 0 saturated carbocycles. The summed E-state index contributed by atoms with van der Waals surface area (Å²) in [7, 11) is 0. The van der Waals surface area contributed by atoms with Crippen molar-refractivity contribution in [3.8, 4) is 0 Å². The molecule has 0 aromatic heterocycles. The molecule has 0 aliphatic rings. The SMILES string of the molecule is CCC(=O)NCCNCC(C)=O. The van der Waals surface area contributed by atoms with Gasteiger partial charge in [0.25, 0.3) is 0 Å². The van der Waals surface area contributed by atoms with E-state index in [1.54, 1.807) is 6.92 Å². The molecule has 4 nitrogen and oxygen atoms in total. The van der Waals surface area contributed by atoms with Crippen molar-refractivity contribution in [1.29, 1.82) is 0 Å². The normalized spacial score (nSPS) is 9.50. The van der Waals surface area contributed by atoms with Crippen LogP contribution in [-0.2, 0) is 9.59 Å². The molecule has 0 aliphatic heterocycles. The summed E-state index contributed by atoms with van der Waals surface area (Å²) in [4.78, 5) is 21.2. The summed E-state index contributed by atoms with van der Waals surface area (Å²) in [6.45, 7) is 4.93. The quantitative estimate of drug-likeness (QED) is 0.540.